The van der Waals surface area contributed by atoms with Crippen LogP contribution in [0.3, 0.4) is 0 Å². The molecule has 0 fully saturated rings. The lowest BCUT2D eigenvalue weighted by Crippen LogP contribution is -2.45. The van der Waals surface area contributed by atoms with Crippen molar-refractivity contribution in [3.63, 3.8) is 0 Å². The Hall–Kier alpha value is -1.73. The zero-order valence-electron chi connectivity index (χ0n) is 9.64. The summed E-state index contributed by atoms with van der Waals surface area (Å²) in [5.74, 6) is -8.91. The summed E-state index contributed by atoms with van der Waals surface area (Å²) in [4.78, 5) is 11.3. The highest BCUT2D eigenvalue weighted by atomic mass is 19.3. The van der Waals surface area contributed by atoms with Gasteiger partial charge in [-0.15, -0.1) is 0 Å². The minimum absolute atomic E-state index is 0.252. The molecular formula is C11H9F6NO. The Morgan fingerprint density at radius 3 is 2.37 bits per heavy atom. The van der Waals surface area contributed by atoms with Crippen LogP contribution in [0.2, 0.25) is 0 Å². The summed E-state index contributed by atoms with van der Waals surface area (Å²) in [6.45, 7) is -0.673. The lowest BCUT2D eigenvalue weighted by molar-refractivity contribution is -0.179. The molecule has 0 saturated carbocycles. The molecule has 19 heavy (non-hydrogen) atoms. The zero-order chi connectivity index (χ0) is 14.8. The fourth-order valence-corrected chi connectivity index (χ4v) is 1.33. The summed E-state index contributed by atoms with van der Waals surface area (Å²) in [5.41, 5.74) is -0.262. The smallest absolute Gasteiger partial charge is 0.336 e. The minimum Gasteiger partial charge on any atom is -0.336 e. The van der Waals surface area contributed by atoms with E-state index < -0.39 is 36.4 Å². The van der Waals surface area contributed by atoms with Crippen LogP contribution in [-0.2, 0) is 11.3 Å². The van der Waals surface area contributed by atoms with Crippen LogP contribution in [0.5, 0.6) is 0 Å². The largest absolute Gasteiger partial charge is 0.383 e. The molecule has 1 aromatic rings. The van der Waals surface area contributed by atoms with Crippen molar-refractivity contribution < 1.29 is 31.1 Å². The van der Waals surface area contributed by atoms with Gasteiger partial charge >= 0.3 is 12.3 Å². The summed E-state index contributed by atoms with van der Waals surface area (Å²) in [5, 5.41) is 0. The maximum absolute atomic E-state index is 13.2. The Morgan fingerprint density at radius 2 is 1.89 bits per heavy atom. The number of carbonyl (C=O) groups is 1. The van der Waals surface area contributed by atoms with Crippen molar-refractivity contribution in [2.75, 3.05) is 7.05 Å². The molecule has 0 aliphatic carbocycles. The molecule has 0 unspecified atom stereocenters. The second kappa shape index (κ2) is 5.50. The third-order valence-electron chi connectivity index (χ3n) is 2.33. The quantitative estimate of drug-likeness (QED) is 0.779. The molecule has 0 saturated heterocycles. The number of halogens is 6. The van der Waals surface area contributed by atoms with Crippen LogP contribution in [0, 0.1) is 11.6 Å². The van der Waals surface area contributed by atoms with E-state index in [1.54, 1.807) is 0 Å². The van der Waals surface area contributed by atoms with Gasteiger partial charge in [-0.2, -0.15) is 8.78 Å². The summed E-state index contributed by atoms with van der Waals surface area (Å²) < 4.78 is 75.3. The normalized spacial score (nSPS) is 11.8. The lowest BCUT2D eigenvalue weighted by Gasteiger charge is -2.23. The molecule has 0 heterocycles. The van der Waals surface area contributed by atoms with E-state index in [0.717, 1.165) is 19.2 Å². The third kappa shape index (κ3) is 3.39. The van der Waals surface area contributed by atoms with Crippen LogP contribution in [-0.4, -0.2) is 30.2 Å². The molecule has 8 heteroatoms. The van der Waals surface area contributed by atoms with E-state index in [1.807, 2.05) is 0 Å². The first-order valence-electron chi connectivity index (χ1n) is 5.01. The van der Waals surface area contributed by atoms with Gasteiger partial charge in [0.15, 0.2) is 0 Å². The van der Waals surface area contributed by atoms with Crippen LogP contribution in [0.25, 0.3) is 0 Å². The number of hydrogen-bond donors (Lipinski definition) is 0. The fraction of sp³-hybridized carbons (Fsp3) is 0.364. The number of rotatable bonds is 4. The first-order chi connectivity index (χ1) is 8.66. The van der Waals surface area contributed by atoms with E-state index in [2.05, 4.69) is 0 Å². The summed E-state index contributed by atoms with van der Waals surface area (Å²) in [7, 11) is 0.821. The SMILES string of the molecule is CN(Cc1ccc(F)cc1F)C(=O)C(F)(F)C(F)F. The summed E-state index contributed by atoms with van der Waals surface area (Å²) >= 11 is 0. The predicted octanol–water partition coefficient (Wildman–Crippen LogP) is 2.82. The Balaban J connectivity index is 2.85. The monoisotopic (exact) mass is 285 g/mol. The Kier molecular flexibility index (Phi) is 4.43. The Labute approximate surface area is 104 Å². The van der Waals surface area contributed by atoms with Crippen molar-refractivity contribution in [3.8, 4) is 0 Å². The number of nitrogens with zero attached hydrogens (tertiary/aromatic N) is 1. The fourth-order valence-electron chi connectivity index (χ4n) is 1.33. The highest BCUT2D eigenvalue weighted by molar-refractivity contribution is 5.83. The summed E-state index contributed by atoms with van der Waals surface area (Å²) in [6, 6.07) is 2.30. The molecule has 0 aliphatic rings. The number of alkyl halides is 4. The maximum Gasteiger partial charge on any atom is 0.383 e. The zero-order valence-corrected chi connectivity index (χ0v) is 9.64. The molecule has 0 spiro atoms. The number of hydrogen-bond acceptors (Lipinski definition) is 1. The van der Waals surface area contributed by atoms with Crippen molar-refractivity contribution >= 4 is 5.91 Å². The van der Waals surface area contributed by atoms with Gasteiger partial charge in [-0.05, 0) is 6.07 Å². The highest BCUT2D eigenvalue weighted by Gasteiger charge is 2.50. The highest BCUT2D eigenvalue weighted by Crippen LogP contribution is 2.25. The molecule has 0 aliphatic heterocycles. The molecular weight excluding hydrogens is 276 g/mol. The van der Waals surface area contributed by atoms with E-state index in [0.29, 0.717) is 6.07 Å². The molecule has 1 amide bonds. The third-order valence-corrected chi connectivity index (χ3v) is 2.33. The van der Waals surface area contributed by atoms with Gasteiger partial charge < -0.3 is 4.90 Å². The molecule has 2 nitrogen and oxygen atoms in total. The maximum atomic E-state index is 13.2. The topological polar surface area (TPSA) is 20.3 Å². The standard InChI is InChI=1S/C11H9F6NO/c1-18(10(19)11(16,17)9(14)15)5-6-2-3-7(12)4-8(6)13/h2-4,9H,5H2,1H3. The summed E-state index contributed by atoms with van der Waals surface area (Å²) in [6.07, 6.45) is -4.15. The van der Waals surface area contributed by atoms with Crippen LogP contribution >= 0.6 is 0 Å². The molecule has 0 N–H and O–H groups in total. The van der Waals surface area contributed by atoms with Crippen molar-refractivity contribution in [1.29, 1.82) is 0 Å². The molecule has 0 aromatic heterocycles. The Morgan fingerprint density at radius 1 is 1.32 bits per heavy atom. The van der Waals surface area contributed by atoms with Gasteiger partial charge in [-0.25, -0.2) is 17.6 Å². The molecule has 0 bridgehead atoms. The van der Waals surface area contributed by atoms with Gasteiger partial charge in [-0.3, -0.25) is 4.79 Å². The van der Waals surface area contributed by atoms with Crippen LogP contribution in [0.1, 0.15) is 5.56 Å². The predicted molar refractivity (Wildman–Crippen MR) is 53.8 cm³/mol. The van der Waals surface area contributed by atoms with E-state index in [1.165, 1.54) is 0 Å². The van der Waals surface area contributed by atoms with Gasteiger partial charge in [0.1, 0.15) is 11.6 Å². The average molecular weight is 285 g/mol. The van der Waals surface area contributed by atoms with E-state index >= 15 is 0 Å². The van der Waals surface area contributed by atoms with Crippen molar-refractivity contribution in [2.24, 2.45) is 0 Å². The molecule has 1 rings (SSSR count). The van der Waals surface area contributed by atoms with Crippen LogP contribution in [0.4, 0.5) is 26.3 Å². The van der Waals surface area contributed by atoms with Gasteiger partial charge in [0.05, 0.1) is 0 Å². The van der Waals surface area contributed by atoms with E-state index in [4.69, 9.17) is 0 Å². The van der Waals surface area contributed by atoms with E-state index in [-0.39, 0.29) is 10.5 Å². The average Bonchev–Trinajstić information content (AvgIpc) is 2.31. The van der Waals surface area contributed by atoms with Crippen molar-refractivity contribution in [1.82, 2.24) is 4.90 Å². The van der Waals surface area contributed by atoms with Crippen molar-refractivity contribution in [3.05, 3.63) is 35.4 Å². The Bertz CT molecular complexity index is 476. The number of amides is 1. The van der Waals surface area contributed by atoms with Crippen molar-refractivity contribution in [2.45, 2.75) is 18.9 Å². The first-order valence-corrected chi connectivity index (χ1v) is 5.01. The second-order valence-corrected chi connectivity index (χ2v) is 3.82. The number of carbonyl (C=O) groups excluding carboxylic acids is 1. The number of benzene rings is 1. The molecule has 0 radical (unpaired) electrons. The molecule has 0 atom stereocenters. The molecule has 106 valence electrons. The lowest BCUT2D eigenvalue weighted by atomic mass is 10.2. The van der Waals surface area contributed by atoms with Gasteiger partial charge in [-0.1, -0.05) is 6.07 Å². The van der Waals surface area contributed by atoms with Crippen LogP contribution < -0.4 is 0 Å². The van der Waals surface area contributed by atoms with Gasteiger partial charge in [0.25, 0.3) is 5.91 Å². The molecule has 1 aromatic carbocycles. The van der Waals surface area contributed by atoms with Gasteiger partial charge in [0, 0.05) is 25.2 Å². The van der Waals surface area contributed by atoms with E-state index in [9.17, 15) is 31.1 Å². The minimum atomic E-state index is -4.84. The van der Waals surface area contributed by atoms with Crippen LogP contribution in [0.15, 0.2) is 18.2 Å². The first kappa shape index (κ1) is 15.3. The van der Waals surface area contributed by atoms with Gasteiger partial charge in [0.2, 0.25) is 0 Å². The second-order valence-electron chi connectivity index (χ2n) is 3.82.